The molecular weight excluding hydrogens is 498 g/mol. The summed E-state index contributed by atoms with van der Waals surface area (Å²) in [5.74, 6) is -0.00431. The van der Waals surface area contributed by atoms with Crippen LogP contribution in [-0.4, -0.2) is 81.3 Å². The van der Waals surface area contributed by atoms with E-state index in [1.165, 1.54) is 0 Å². The summed E-state index contributed by atoms with van der Waals surface area (Å²) in [6.07, 6.45) is -6.72. The number of aromatic amines is 1. The molecule has 2 aromatic heterocycles. The maximum absolute atomic E-state index is 13.0. The van der Waals surface area contributed by atoms with Crippen molar-refractivity contribution in [2.24, 2.45) is 0 Å². The number of anilines is 2. The molecule has 0 bridgehead atoms. The van der Waals surface area contributed by atoms with Gasteiger partial charge in [-0.05, 0) is 12.8 Å². The molecule has 36 heavy (non-hydrogen) atoms. The third-order valence-corrected chi connectivity index (χ3v) is 5.95. The van der Waals surface area contributed by atoms with Gasteiger partial charge in [0, 0.05) is 63.8 Å². The SMILES string of the molecule is O=C(N1CCN(c2ncc(C(F)(F)F)cn2)CC1)N1CCC[C@H](Nc2cc(C(F)(F)F)c(=O)[nH]n2)C1. The van der Waals surface area contributed by atoms with Gasteiger partial charge in [-0.15, -0.1) is 0 Å². The molecule has 0 radical (unpaired) electrons. The second-order valence-corrected chi connectivity index (χ2v) is 8.45. The van der Waals surface area contributed by atoms with Crippen molar-refractivity contribution in [1.29, 1.82) is 0 Å². The van der Waals surface area contributed by atoms with Crippen LogP contribution in [0.25, 0.3) is 0 Å². The van der Waals surface area contributed by atoms with E-state index in [2.05, 4.69) is 20.4 Å². The Morgan fingerprint density at radius 3 is 2.25 bits per heavy atom. The monoisotopic (exact) mass is 520 g/mol. The van der Waals surface area contributed by atoms with E-state index in [4.69, 9.17) is 0 Å². The van der Waals surface area contributed by atoms with E-state index in [1.54, 1.807) is 14.7 Å². The Kier molecular flexibility index (Phi) is 6.95. The maximum atomic E-state index is 13.0. The Labute approximate surface area is 200 Å². The first kappa shape index (κ1) is 25.5. The van der Waals surface area contributed by atoms with Gasteiger partial charge in [-0.2, -0.15) is 31.4 Å². The molecular formula is C20H22F6N8O2. The first-order valence-electron chi connectivity index (χ1n) is 11.0. The molecule has 16 heteroatoms. The lowest BCUT2D eigenvalue weighted by Crippen LogP contribution is -2.56. The number of carbonyl (C=O) groups excluding carboxylic acids is 1. The number of H-pyrrole nitrogens is 1. The van der Waals surface area contributed by atoms with E-state index in [0.29, 0.717) is 51.6 Å². The lowest BCUT2D eigenvalue weighted by Gasteiger charge is -2.40. The molecule has 10 nitrogen and oxygen atoms in total. The zero-order valence-electron chi connectivity index (χ0n) is 18.7. The van der Waals surface area contributed by atoms with Crippen molar-refractivity contribution in [1.82, 2.24) is 30.0 Å². The summed E-state index contributed by atoms with van der Waals surface area (Å²) in [7, 11) is 0. The van der Waals surface area contributed by atoms with E-state index in [0.717, 1.165) is 12.4 Å². The number of piperidine rings is 1. The molecule has 2 aliphatic heterocycles. The molecule has 0 aromatic carbocycles. The predicted octanol–water partition coefficient (Wildman–Crippen LogP) is 2.42. The van der Waals surface area contributed by atoms with Gasteiger partial charge in [-0.1, -0.05) is 0 Å². The zero-order chi connectivity index (χ0) is 26.1. The quantitative estimate of drug-likeness (QED) is 0.599. The Morgan fingerprint density at radius 2 is 1.64 bits per heavy atom. The number of nitrogens with one attached hydrogen (secondary N) is 2. The van der Waals surface area contributed by atoms with Crippen molar-refractivity contribution in [2.75, 3.05) is 49.5 Å². The van der Waals surface area contributed by atoms with Crippen LogP contribution in [0.1, 0.15) is 24.0 Å². The number of halogens is 6. The van der Waals surface area contributed by atoms with E-state index in [-0.39, 0.29) is 30.4 Å². The van der Waals surface area contributed by atoms with Crippen LogP contribution in [-0.2, 0) is 12.4 Å². The van der Waals surface area contributed by atoms with Crippen LogP contribution in [0.5, 0.6) is 0 Å². The smallest absolute Gasteiger partial charge is 0.364 e. The molecule has 1 atom stereocenters. The third kappa shape index (κ3) is 5.79. The van der Waals surface area contributed by atoms with E-state index in [9.17, 15) is 35.9 Å². The summed E-state index contributed by atoms with van der Waals surface area (Å²) in [4.78, 5) is 36.9. The number of amides is 2. The van der Waals surface area contributed by atoms with Crippen LogP contribution in [0, 0.1) is 0 Å². The van der Waals surface area contributed by atoms with Gasteiger partial charge in [0.15, 0.2) is 0 Å². The lowest BCUT2D eigenvalue weighted by atomic mass is 10.1. The van der Waals surface area contributed by atoms with Gasteiger partial charge in [0.1, 0.15) is 11.4 Å². The normalized spacial score (nSPS) is 19.4. The van der Waals surface area contributed by atoms with Gasteiger partial charge in [-0.3, -0.25) is 4.79 Å². The Bertz CT molecular complexity index is 1130. The number of aromatic nitrogens is 4. The summed E-state index contributed by atoms with van der Waals surface area (Å²) >= 11 is 0. The molecule has 2 fully saturated rings. The van der Waals surface area contributed by atoms with Crippen molar-refractivity contribution in [3.05, 3.63) is 39.9 Å². The number of carbonyl (C=O) groups is 1. The average molecular weight is 520 g/mol. The second kappa shape index (κ2) is 9.81. The molecule has 0 saturated carbocycles. The van der Waals surface area contributed by atoms with E-state index in [1.807, 2.05) is 5.10 Å². The molecule has 196 valence electrons. The van der Waals surface area contributed by atoms with Gasteiger partial charge >= 0.3 is 18.4 Å². The second-order valence-electron chi connectivity index (χ2n) is 8.45. The Morgan fingerprint density at radius 1 is 0.972 bits per heavy atom. The molecule has 2 aromatic rings. The van der Waals surface area contributed by atoms with Crippen molar-refractivity contribution >= 4 is 17.8 Å². The van der Waals surface area contributed by atoms with Gasteiger partial charge in [-0.25, -0.2) is 19.9 Å². The van der Waals surface area contributed by atoms with Gasteiger partial charge in [0.2, 0.25) is 5.95 Å². The van der Waals surface area contributed by atoms with Crippen molar-refractivity contribution in [3.8, 4) is 0 Å². The fourth-order valence-corrected chi connectivity index (χ4v) is 4.10. The van der Waals surface area contributed by atoms with Crippen molar-refractivity contribution < 1.29 is 31.1 Å². The standard InChI is InChI=1S/C20H22F6N8O2/c21-19(22,23)12-9-27-17(28-10-12)32-4-6-33(7-5-32)18(36)34-3-1-2-13(11-34)29-15-8-14(20(24,25)26)16(35)31-30-15/h8-10,13H,1-7,11H2,(H,29,30)(H,31,35)/t13-/m0/s1. The zero-order valence-corrected chi connectivity index (χ0v) is 18.7. The first-order chi connectivity index (χ1) is 16.9. The minimum absolute atomic E-state index is 0.143. The minimum atomic E-state index is -4.82. The van der Waals surface area contributed by atoms with Crippen molar-refractivity contribution in [2.45, 2.75) is 31.2 Å². The van der Waals surface area contributed by atoms with Gasteiger partial charge < -0.3 is 20.0 Å². The third-order valence-electron chi connectivity index (χ3n) is 5.95. The van der Waals surface area contributed by atoms with E-state index >= 15 is 0 Å². The number of urea groups is 1. The molecule has 0 aliphatic carbocycles. The Balaban J connectivity index is 1.32. The number of hydrogen-bond acceptors (Lipinski definition) is 7. The molecule has 0 spiro atoms. The summed E-state index contributed by atoms with van der Waals surface area (Å²) in [6.45, 7) is 1.94. The fourth-order valence-electron chi connectivity index (χ4n) is 4.10. The van der Waals surface area contributed by atoms with Crippen LogP contribution in [0.15, 0.2) is 23.3 Å². The highest BCUT2D eigenvalue weighted by atomic mass is 19.4. The average Bonchev–Trinajstić information content (AvgIpc) is 2.84. The summed E-state index contributed by atoms with van der Waals surface area (Å²) in [5.41, 5.74) is -3.65. The number of alkyl halides is 6. The molecule has 0 unspecified atom stereocenters. The molecule has 2 N–H and O–H groups in total. The molecule has 2 aliphatic rings. The van der Waals surface area contributed by atoms with Gasteiger partial charge in [0.25, 0.3) is 5.56 Å². The van der Waals surface area contributed by atoms with Crippen LogP contribution < -0.4 is 15.8 Å². The number of nitrogens with zero attached hydrogens (tertiary/aromatic N) is 6. The summed E-state index contributed by atoms with van der Waals surface area (Å²) in [6, 6.07) is 0.0196. The summed E-state index contributed by atoms with van der Waals surface area (Å²) < 4.78 is 77.1. The van der Waals surface area contributed by atoms with Crippen molar-refractivity contribution in [3.63, 3.8) is 0 Å². The van der Waals surface area contributed by atoms with Crippen LogP contribution in [0.2, 0.25) is 0 Å². The molecule has 4 rings (SSSR count). The number of hydrogen-bond donors (Lipinski definition) is 2. The van der Waals surface area contributed by atoms with Crippen LogP contribution >= 0.6 is 0 Å². The van der Waals surface area contributed by atoms with Crippen LogP contribution in [0.3, 0.4) is 0 Å². The maximum Gasteiger partial charge on any atom is 0.421 e. The molecule has 2 saturated heterocycles. The summed E-state index contributed by atoms with van der Waals surface area (Å²) in [5, 5.41) is 8.30. The highest BCUT2D eigenvalue weighted by Gasteiger charge is 2.35. The lowest BCUT2D eigenvalue weighted by molar-refractivity contribution is -0.139. The van der Waals surface area contributed by atoms with Crippen LogP contribution in [0.4, 0.5) is 42.9 Å². The minimum Gasteiger partial charge on any atom is -0.364 e. The number of rotatable bonds is 3. The predicted molar refractivity (Wildman–Crippen MR) is 114 cm³/mol. The topological polar surface area (TPSA) is 110 Å². The Hall–Kier alpha value is -3.59. The first-order valence-corrected chi connectivity index (χ1v) is 11.0. The molecule has 2 amide bonds. The molecule has 4 heterocycles. The highest BCUT2D eigenvalue weighted by Crippen LogP contribution is 2.29. The largest absolute Gasteiger partial charge is 0.421 e. The number of likely N-dealkylation sites (tertiary alicyclic amines) is 1. The van der Waals surface area contributed by atoms with E-state index < -0.39 is 29.0 Å². The van der Waals surface area contributed by atoms with Gasteiger partial charge in [0.05, 0.1) is 5.56 Å². The fraction of sp³-hybridized carbons (Fsp3) is 0.550. The number of piperazine rings is 1. The highest BCUT2D eigenvalue weighted by molar-refractivity contribution is 5.75.